The van der Waals surface area contributed by atoms with Crippen molar-refractivity contribution >= 4 is 5.97 Å². The van der Waals surface area contributed by atoms with Crippen molar-refractivity contribution in [3.05, 3.63) is 35.7 Å². The molecule has 1 aliphatic rings. The van der Waals surface area contributed by atoms with Crippen LogP contribution >= 0.6 is 0 Å². The van der Waals surface area contributed by atoms with Gasteiger partial charge in [0.05, 0.1) is 5.56 Å². The maximum atomic E-state index is 11.3. The van der Waals surface area contributed by atoms with E-state index in [0.717, 1.165) is 31.6 Å². The largest absolute Gasteiger partial charge is 0.478 e. The van der Waals surface area contributed by atoms with E-state index >= 15 is 0 Å². The summed E-state index contributed by atoms with van der Waals surface area (Å²) >= 11 is 0. The Balaban J connectivity index is 2.13. The summed E-state index contributed by atoms with van der Waals surface area (Å²) in [5.41, 5.74) is 0.928. The van der Waals surface area contributed by atoms with Gasteiger partial charge >= 0.3 is 5.97 Å². The molecule has 98 valence electrons. The summed E-state index contributed by atoms with van der Waals surface area (Å²) in [5, 5.41) is 17.7. The topological polar surface area (TPSA) is 68.0 Å². The van der Waals surface area contributed by atoms with E-state index in [1.165, 1.54) is 6.42 Å². The van der Waals surface area contributed by atoms with Gasteiger partial charge in [-0.25, -0.2) is 4.79 Å². The molecule has 0 fully saturated rings. The maximum Gasteiger partial charge on any atom is 0.336 e. The first kappa shape index (κ1) is 11.9. The van der Waals surface area contributed by atoms with Gasteiger partial charge in [-0.2, -0.15) is 0 Å². The van der Waals surface area contributed by atoms with Crippen molar-refractivity contribution < 1.29 is 9.90 Å². The van der Waals surface area contributed by atoms with Gasteiger partial charge in [-0.15, -0.1) is 10.2 Å². The summed E-state index contributed by atoms with van der Waals surface area (Å²) in [6.07, 6.45) is 4.32. The van der Waals surface area contributed by atoms with Crippen molar-refractivity contribution in [2.45, 2.75) is 32.2 Å². The summed E-state index contributed by atoms with van der Waals surface area (Å²) in [6, 6.07) is 6.97. The molecule has 2 aromatic rings. The predicted molar refractivity (Wildman–Crippen MR) is 70.0 cm³/mol. The molecule has 1 aromatic carbocycles. The van der Waals surface area contributed by atoms with E-state index < -0.39 is 5.97 Å². The fraction of sp³-hybridized carbons (Fsp3) is 0.357. The molecule has 3 rings (SSSR count). The highest BCUT2D eigenvalue weighted by atomic mass is 16.4. The lowest BCUT2D eigenvalue weighted by Crippen LogP contribution is -2.06. The molecule has 0 amide bonds. The summed E-state index contributed by atoms with van der Waals surface area (Å²) in [7, 11) is 0. The minimum Gasteiger partial charge on any atom is -0.478 e. The molecule has 0 saturated heterocycles. The summed E-state index contributed by atoms with van der Waals surface area (Å²) in [6.45, 7) is 0.867. The van der Waals surface area contributed by atoms with Gasteiger partial charge in [-0.05, 0) is 18.9 Å². The van der Waals surface area contributed by atoms with E-state index in [0.29, 0.717) is 11.4 Å². The van der Waals surface area contributed by atoms with Crippen LogP contribution in [0, 0.1) is 0 Å². The molecule has 0 radical (unpaired) electrons. The molecule has 1 aromatic heterocycles. The number of aryl methyl sites for hydroxylation is 1. The van der Waals surface area contributed by atoms with Gasteiger partial charge in [0.2, 0.25) is 0 Å². The summed E-state index contributed by atoms with van der Waals surface area (Å²) in [5.74, 6) is 0.712. The third kappa shape index (κ3) is 2.12. The first-order chi connectivity index (χ1) is 9.27. The van der Waals surface area contributed by atoms with Gasteiger partial charge in [0, 0.05) is 18.5 Å². The Kier molecular flexibility index (Phi) is 3.03. The molecule has 19 heavy (non-hydrogen) atoms. The minimum absolute atomic E-state index is 0.280. The van der Waals surface area contributed by atoms with Crippen LogP contribution in [0.2, 0.25) is 0 Å². The molecule has 0 atom stereocenters. The lowest BCUT2D eigenvalue weighted by Gasteiger charge is -2.08. The average Bonchev–Trinajstić information content (AvgIpc) is 2.67. The first-order valence-electron chi connectivity index (χ1n) is 6.52. The molecule has 2 heterocycles. The highest BCUT2D eigenvalue weighted by Gasteiger charge is 2.19. The number of nitrogens with zero attached hydrogens (tertiary/aromatic N) is 3. The Morgan fingerprint density at radius 1 is 1.16 bits per heavy atom. The number of fused-ring (bicyclic) bond motifs is 1. The number of aromatic carboxylic acids is 1. The van der Waals surface area contributed by atoms with E-state index in [1.54, 1.807) is 18.2 Å². The van der Waals surface area contributed by atoms with Crippen LogP contribution in [0.5, 0.6) is 0 Å². The van der Waals surface area contributed by atoms with Crippen LogP contribution in [0.15, 0.2) is 24.3 Å². The zero-order valence-corrected chi connectivity index (χ0v) is 10.5. The van der Waals surface area contributed by atoms with Crippen molar-refractivity contribution in [1.82, 2.24) is 14.8 Å². The van der Waals surface area contributed by atoms with E-state index in [9.17, 15) is 9.90 Å². The number of rotatable bonds is 2. The van der Waals surface area contributed by atoms with Crippen LogP contribution in [-0.2, 0) is 13.0 Å². The van der Waals surface area contributed by atoms with E-state index in [4.69, 9.17) is 0 Å². The van der Waals surface area contributed by atoms with Crippen molar-refractivity contribution in [3.63, 3.8) is 0 Å². The highest BCUT2D eigenvalue weighted by molar-refractivity contribution is 5.94. The molecule has 0 aliphatic carbocycles. The lowest BCUT2D eigenvalue weighted by atomic mass is 10.1. The minimum atomic E-state index is -0.929. The van der Waals surface area contributed by atoms with E-state index in [1.807, 2.05) is 6.07 Å². The van der Waals surface area contributed by atoms with Crippen LogP contribution in [0.1, 0.15) is 35.4 Å². The second-order valence-electron chi connectivity index (χ2n) is 4.75. The fourth-order valence-corrected chi connectivity index (χ4v) is 2.55. The molecule has 0 unspecified atom stereocenters. The third-order valence-electron chi connectivity index (χ3n) is 3.51. The molecule has 0 saturated carbocycles. The van der Waals surface area contributed by atoms with Gasteiger partial charge in [0.15, 0.2) is 5.82 Å². The molecule has 5 heteroatoms. The van der Waals surface area contributed by atoms with Crippen LogP contribution in [0.3, 0.4) is 0 Å². The molecule has 0 bridgehead atoms. The molecular formula is C14H15N3O2. The number of aromatic nitrogens is 3. The van der Waals surface area contributed by atoms with Crippen LogP contribution in [-0.4, -0.2) is 25.8 Å². The van der Waals surface area contributed by atoms with Gasteiger partial charge < -0.3 is 9.67 Å². The molecular weight excluding hydrogens is 242 g/mol. The number of carboxylic acid groups (broad SMARTS) is 1. The van der Waals surface area contributed by atoms with Crippen LogP contribution < -0.4 is 0 Å². The lowest BCUT2D eigenvalue weighted by molar-refractivity contribution is 0.0697. The van der Waals surface area contributed by atoms with Gasteiger partial charge in [-0.3, -0.25) is 0 Å². The molecule has 5 nitrogen and oxygen atoms in total. The van der Waals surface area contributed by atoms with Crippen LogP contribution in [0.4, 0.5) is 0 Å². The maximum absolute atomic E-state index is 11.3. The molecule has 1 aliphatic heterocycles. The zero-order chi connectivity index (χ0) is 13.2. The average molecular weight is 257 g/mol. The van der Waals surface area contributed by atoms with Crippen molar-refractivity contribution in [1.29, 1.82) is 0 Å². The quantitative estimate of drug-likeness (QED) is 0.896. The smallest absolute Gasteiger partial charge is 0.336 e. The number of hydrogen-bond donors (Lipinski definition) is 1. The Morgan fingerprint density at radius 2 is 2.00 bits per heavy atom. The zero-order valence-electron chi connectivity index (χ0n) is 10.5. The Morgan fingerprint density at radius 3 is 2.84 bits per heavy atom. The predicted octanol–water partition coefficient (Wildman–Crippen LogP) is 2.37. The second-order valence-corrected chi connectivity index (χ2v) is 4.75. The van der Waals surface area contributed by atoms with Crippen LogP contribution in [0.25, 0.3) is 11.4 Å². The monoisotopic (exact) mass is 257 g/mol. The van der Waals surface area contributed by atoms with Gasteiger partial charge in [-0.1, -0.05) is 24.6 Å². The number of carboxylic acids is 1. The fourth-order valence-electron chi connectivity index (χ4n) is 2.55. The van der Waals surface area contributed by atoms with Gasteiger partial charge in [0.1, 0.15) is 5.82 Å². The SMILES string of the molecule is O=C(O)c1ccccc1-c1nnc2n1CCCCC2. The molecule has 0 spiro atoms. The standard InChI is InChI=1S/C14H15N3O2/c18-14(19)11-7-4-3-6-10(11)13-16-15-12-8-2-1-5-9-17(12)13/h3-4,6-7H,1-2,5,8-9H2,(H,18,19). The van der Waals surface area contributed by atoms with Crippen molar-refractivity contribution in [2.24, 2.45) is 0 Å². The first-order valence-corrected chi connectivity index (χ1v) is 6.52. The number of carbonyl (C=O) groups is 1. The van der Waals surface area contributed by atoms with E-state index in [-0.39, 0.29) is 5.56 Å². The van der Waals surface area contributed by atoms with Crippen molar-refractivity contribution in [3.8, 4) is 11.4 Å². The van der Waals surface area contributed by atoms with Gasteiger partial charge in [0.25, 0.3) is 0 Å². The van der Waals surface area contributed by atoms with Crippen molar-refractivity contribution in [2.75, 3.05) is 0 Å². The van der Waals surface area contributed by atoms with E-state index in [2.05, 4.69) is 14.8 Å². The Bertz CT molecular complexity index is 619. The highest BCUT2D eigenvalue weighted by Crippen LogP contribution is 2.25. The normalized spacial score (nSPS) is 14.7. The third-order valence-corrected chi connectivity index (χ3v) is 3.51. The Hall–Kier alpha value is -2.17. The Labute approximate surface area is 110 Å². The number of hydrogen-bond acceptors (Lipinski definition) is 3. The number of benzene rings is 1. The summed E-state index contributed by atoms with van der Waals surface area (Å²) in [4.78, 5) is 11.3. The molecule has 1 N–H and O–H groups in total. The summed E-state index contributed by atoms with van der Waals surface area (Å²) < 4.78 is 2.06. The second kappa shape index (κ2) is 4.84.